The molecule has 0 saturated carbocycles. The quantitative estimate of drug-likeness (QED) is 0.388. The number of nitrogens with zero attached hydrogens (tertiary/aromatic N) is 3. The first-order valence-electron chi connectivity index (χ1n) is 12.6. The normalized spacial score (nSPS) is 15.9. The van der Waals surface area contributed by atoms with E-state index in [0.29, 0.717) is 19.5 Å². The molecule has 188 valence electrons. The molecule has 8 nitrogen and oxygen atoms in total. The van der Waals surface area contributed by atoms with Crippen LogP contribution in [0.5, 0.6) is 0 Å². The maximum atomic E-state index is 13.7. The van der Waals surface area contributed by atoms with Gasteiger partial charge in [-0.25, -0.2) is 4.98 Å². The number of amides is 2. The van der Waals surface area contributed by atoms with Gasteiger partial charge in [0.05, 0.1) is 16.6 Å². The molecule has 1 aliphatic heterocycles. The summed E-state index contributed by atoms with van der Waals surface area (Å²) >= 11 is 0. The van der Waals surface area contributed by atoms with Crippen LogP contribution in [-0.4, -0.2) is 55.9 Å². The number of fused-ring (bicyclic) bond motifs is 2. The van der Waals surface area contributed by atoms with E-state index < -0.39 is 11.6 Å². The van der Waals surface area contributed by atoms with Gasteiger partial charge in [-0.1, -0.05) is 30.3 Å². The first-order valence-corrected chi connectivity index (χ1v) is 12.6. The Morgan fingerprint density at radius 1 is 1.14 bits per heavy atom. The molecule has 2 amide bonds. The van der Waals surface area contributed by atoms with E-state index in [4.69, 9.17) is 10.7 Å². The number of aromatic amines is 1. The Bertz CT molecular complexity index is 1400. The molecular formula is C28H34N6O2. The van der Waals surface area contributed by atoms with Crippen LogP contribution in [0.2, 0.25) is 0 Å². The summed E-state index contributed by atoms with van der Waals surface area (Å²) < 4.78 is 2.30. The standard InChI is InChI=1S/C28H34N6O2/c1-18-31-23-10-6-7-11-25(23)34(18)20-12-14-33(15-13-20)26(35)24(32-27(36)28(2,3)29)16-19-17-30-22-9-5-4-8-21(19)22/h4-11,17,20,24,30H,12-16,29H2,1-3H3,(H,32,36)/t24-/m1/s1. The van der Waals surface area contributed by atoms with Crippen LogP contribution in [-0.2, 0) is 16.0 Å². The minimum absolute atomic E-state index is 0.0662. The first-order chi connectivity index (χ1) is 17.2. The molecule has 2 aromatic carbocycles. The molecule has 1 saturated heterocycles. The SMILES string of the molecule is Cc1nc2ccccc2n1C1CCN(C(=O)[C@@H](Cc2c[nH]c3ccccc23)NC(=O)C(C)(C)N)CC1. The summed E-state index contributed by atoms with van der Waals surface area (Å²) in [5, 5.41) is 4.00. The molecule has 5 rings (SSSR count). The van der Waals surface area contributed by atoms with Crippen LogP contribution >= 0.6 is 0 Å². The molecule has 0 bridgehead atoms. The van der Waals surface area contributed by atoms with Gasteiger partial charge in [-0.2, -0.15) is 0 Å². The lowest BCUT2D eigenvalue weighted by atomic mass is 9.99. The predicted octanol–water partition coefficient (Wildman–Crippen LogP) is 3.45. The fourth-order valence-electron chi connectivity index (χ4n) is 5.26. The molecule has 0 unspecified atom stereocenters. The van der Waals surface area contributed by atoms with Gasteiger partial charge in [0.25, 0.3) is 0 Å². The van der Waals surface area contributed by atoms with E-state index in [0.717, 1.165) is 46.2 Å². The average Bonchev–Trinajstić information content (AvgIpc) is 3.42. The zero-order chi connectivity index (χ0) is 25.4. The van der Waals surface area contributed by atoms with Crippen molar-refractivity contribution < 1.29 is 9.59 Å². The first kappa shape index (κ1) is 24.1. The minimum Gasteiger partial charge on any atom is -0.361 e. The molecule has 0 spiro atoms. The van der Waals surface area contributed by atoms with Crippen molar-refractivity contribution in [3.8, 4) is 0 Å². The molecule has 0 aliphatic carbocycles. The van der Waals surface area contributed by atoms with Crippen LogP contribution in [0.25, 0.3) is 21.9 Å². The Hall–Kier alpha value is -3.65. The van der Waals surface area contributed by atoms with Crippen molar-refractivity contribution >= 4 is 33.8 Å². The van der Waals surface area contributed by atoms with Gasteiger partial charge in [0.1, 0.15) is 11.9 Å². The van der Waals surface area contributed by atoms with Crippen LogP contribution in [0.3, 0.4) is 0 Å². The van der Waals surface area contributed by atoms with Gasteiger partial charge >= 0.3 is 0 Å². The van der Waals surface area contributed by atoms with Crippen molar-refractivity contribution in [3.63, 3.8) is 0 Å². The van der Waals surface area contributed by atoms with Gasteiger partial charge < -0.3 is 25.5 Å². The summed E-state index contributed by atoms with van der Waals surface area (Å²) in [4.78, 5) is 36.4. The second-order valence-corrected chi connectivity index (χ2v) is 10.4. The summed E-state index contributed by atoms with van der Waals surface area (Å²) in [6.07, 6.45) is 3.99. The molecule has 1 fully saturated rings. The number of para-hydroxylation sites is 3. The summed E-state index contributed by atoms with van der Waals surface area (Å²) in [5.74, 6) is 0.593. The number of hydrogen-bond acceptors (Lipinski definition) is 4. The van der Waals surface area contributed by atoms with Crippen LogP contribution in [0.15, 0.2) is 54.7 Å². The van der Waals surface area contributed by atoms with E-state index >= 15 is 0 Å². The largest absolute Gasteiger partial charge is 0.361 e. The zero-order valence-electron chi connectivity index (χ0n) is 21.1. The topological polar surface area (TPSA) is 109 Å². The number of imidazole rings is 1. The molecule has 36 heavy (non-hydrogen) atoms. The number of likely N-dealkylation sites (tertiary alicyclic amines) is 1. The minimum atomic E-state index is -1.08. The lowest BCUT2D eigenvalue weighted by molar-refractivity contribution is -0.138. The third kappa shape index (κ3) is 4.60. The lowest BCUT2D eigenvalue weighted by Crippen LogP contribution is -2.57. The Labute approximate surface area is 210 Å². The van der Waals surface area contributed by atoms with Crippen LogP contribution < -0.4 is 11.1 Å². The average molecular weight is 487 g/mol. The van der Waals surface area contributed by atoms with Gasteiger partial charge in [0, 0.05) is 42.7 Å². The lowest BCUT2D eigenvalue weighted by Gasteiger charge is -2.36. The molecule has 1 atom stereocenters. The monoisotopic (exact) mass is 486 g/mol. The van der Waals surface area contributed by atoms with Gasteiger partial charge in [-0.15, -0.1) is 0 Å². The molecule has 3 heterocycles. The molecule has 0 radical (unpaired) electrons. The van der Waals surface area contributed by atoms with E-state index in [9.17, 15) is 9.59 Å². The number of carbonyl (C=O) groups is 2. The molecular weight excluding hydrogens is 452 g/mol. The third-order valence-electron chi connectivity index (χ3n) is 7.20. The van der Waals surface area contributed by atoms with E-state index in [-0.39, 0.29) is 17.9 Å². The number of H-pyrrole nitrogens is 1. The van der Waals surface area contributed by atoms with Gasteiger partial charge in [-0.3, -0.25) is 9.59 Å². The van der Waals surface area contributed by atoms with Crippen LogP contribution in [0.1, 0.15) is 44.1 Å². The Kier molecular flexibility index (Phi) is 6.30. The van der Waals surface area contributed by atoms with Crippen molar-refractivity contribution in [2.75, 3.05) is 13.1 Å². The third-order valence-corrected chi connectivity index (χ3v) is 7.20. The van der Waals surface area contributed by atoms with Crippen molar-refractivity contribution in [3.05, 3.63) is 66.1 Å². The second kappa shape index (κ2) is 9.43. The maximum Gasteiger partial charge on any atom is 0.245 e. The van der Waals surface area contributed by atoms with Crippen molar-refractivity contribution in [1.29, 1.82) is 0 Å². The predicted molar refractivity (Wildman–Crippen MR) is 142 cm³/mol. The summed E-state index contributed by atoms with van der Waals surface area (Å²) in [6, 6.07) is 15.8. The number of rotatable bonds is 6. The van der Waals surface area contributed by atoms with Crippen LogP contribution in [0.4, 0.5) is 0 Å². The number of nitrogens with one attached hydrogen (secondary N) is 2. The van der Waals surface area contributed by atoms with Gasteiger partial charge in [-0.05, 0) is 57.4 Å². The maximum absolute atomic E-state index is 13.7. The molecule has 4 aromatic rings. The number of aryl methyl sites for hydroxylation is 1. The van der Waals surface area contributed by atoms with Gasteiger partial charge in [0.2, 0.25) is 11.8 Å². The fourth-order valence-corrected chi connectivity index (χ4v) is 5.26. The highest BCUT2D eigenvalue weighted by molar-refractivity contribution is 5.92. The van der Waals surface area contributed by atoms with Crippen molar-refractivity contribution in [1.82, 2.24) is 24.8 Å². The number of benzene rings is 2. The fraction of sp³-hybridized carbons (Fsp3) is 0.393. The number of aromatic nitrogens is 3. The molecule has 1 aliphatic rings. The number of nitrogens with two attached hydrogens (primary N) is 1. The second-order valence-electron chi connectivity index (χ2n) is 10.4. The number of carbonyl (C=O) groups excluding carboxylic acids is 2. The highest BCUT2D eigenvalue weighted by Gasteiger charge is 2.33. The Morgan fingerprint density at radius 2 is 1.83 bits per heavy atom. The van der Waals surface area contributed by atoms with E-state index in [1.54, 1.807) is 13.8 Å². The van der Waals surface area contributed by atoms with E-state index in [2.05, 4.69) is 20.9 Å². The molecule has 4 N–H and O–H groups in total. The van der Waals surface area contributed by atoms with Crippen molar-refractivity contribution in [2.45, 2.75) is 57.7 Å². The number of piperidine rings is 1. The van der Waals surface area contributed by atoms with E-state index in [1.807, 2.05) is 60.5 Å². The smallest absolute Gasteiger partial charge is 0.245 e. The molecule has 8 heteroatoms. The number of hydrogen-bond donors (Lipinski definition) is 3. The Morgan fingerprint density at radius 3 is 2.58 bits per heavy atom. The van der Waals surface area contributed by atoms with Crippen LogP contribution in [0, 0.1) is 6.92 Å². The Balaban J connectivity index is 1.34. The summed E-state index contributed by atoms with van der Waals surface area (Å²) in [7, 11) is 0. The van der Waals surface area contributed by atoms with E-state index in [1.165, 1.54) is 0 Å². The zero-order valence-corrected chi connectivity index (χ0v) is 21.1. The molecule has 2 aromatic heterocycles. The van der Waals surface area contributed by atoms with Crippen molar-refractivity contribution in [2.24, 2.45) is 5.73 Å². The summed E-state index contributed by atoms with van der Waals surface area (Å²) in [5.41, 5.74) is 9.11. The summed E-state index contributed by atoms with van der Waals surface area (Å²) in [6.45, 7) is 6.60. The van der Waals surface area contributed by atoms with Gasteiger partial charge in [0.15, 0.2) is 0 Å². The highest BCUT2D eigenvalue weighted by Crippen LogP contribution is 2.29. The highest BCUT2D eigenvalue weighted by atomic mass is 16.2.